The molecule has 28 heavy (non-hydrogen) atoms. The number of aryl methyl sites for hydroxylation is 2. The van der Waals surface area contributed by atoms with Gasteiger partial charge < -0.3 is 19.5 Å². The van der Waals surface area contributed by atoms with Gasteiger partial charge in [0.15, 0.2) is 18.1 Å². The summed E-state index contributed by atoms with van der Waals surface area (Å²) >= 11 is 0. The molecule has 0 bridgehead atoms. The van der Waals surface area contributed by atoms with E-state index in [4.69, 9.17) is 9.47 Å². The number of fused-ring (bicyclic) bond motifs is 1. The summed E-state index contributed by atoms with van der Waals surface area (Å²) in [7, 11) is 1.38. The monoisotopic (exact) mass is 391 g/mol. The van der Waals surface area contributed by atoms with Crippen molar-refractivity contribution in [3.63, 3.8) is 0 Å². The third kappa shape index (κ3) is 5.34. The fourth-order valence-electron chi connectivity index (χ4n) is 3.24. The number of halogens is 2. The molecule has 1 amide bonds. The van der Waals surface area contributed by atoms with E-state index in [1.54, 1.807) is 12.1 Å². The molecule has 150 valence electrons. The van der Waals surface area contributed by atoms with Crippen molar-refractivity contribution in [1.82, 2.24) is 5.32 Å². The smallest absolute Gasteiger partial charge is 0.387 e. The van der Waals surface area contributed by atoms with E-state index in [0.29, 0.717) is 18.7 Å². The second-order valence-corrected chi connectivity index (χ2v) is 6.54. The van der Waals surface area contributed by atoms with E-state index in [1.807, 2.05) is 12.1 Å². The Hall–Kier alpha value is -2.83. The van der Waals surface area contributed by atoms with Gasteiger partial charge in [0, 0.05) is 6.54 Å². The first-order valence-corrected chi connectivity index (χ1v) is 9.18. The van der Waals surface area contributed by atoms with Crippen molar-refractivity contribution in [1.29, 1.82) is 0 Å². The molecule has 1 N–H and O–H groups in total. The molecule has 0 saturated carbocycles. The largest absolute Gasteiger partial charge is 0.493 e. The van der Waals surface area contributed by atoms with Gasteiger partial charge in [-0.3, -0.25) is 4.79 Å². The van der Waals surface area contributed by atoms with Crippen LogP contribution >= 0.6 is 0 Å². The molecule has 0 heterocycles. The van der Waals surface area contributed by atoms with E-state index in [1.165, 1.54) is 30.7 Å². The summed E-state index contributed by atoms with van der Waals surface area (Å²) in [4.78, 5) is 12.0. The first kappa shape index (κ1) is 19.9. The van der Waals surface area contributed by atoms with Crippen molar-refractivity contribution in [2.24, 2.45) is 0 Å². The topological polar surface area (TPSA) is 56.8 Å². The first-order chi connectivity index (χ1) is 13.5. The number of benzene rings is 2. The number of alkyl halides is 2. The standard InChI is InChI=1S/C21H23F2NO4/c1-26-19-11-14(5-8-18(19)28-21(22)23)9-10-24-20(25)13-27-17-7-6-15-3-2-4-16(15)12-17/h5-8,11-12,21H,2-4,9-10,13H2,1H3,(H,24,25). The van der Waals surface area contributed by atoms with Crippen LogP contribution in [0.4, 0.5) is 8.78 Å². The second-order valence-electron chi connectivity index (χ2n) is 6.54. The maximum Gasteiger partial charge on any atom is 0.387 e. The van der Waals surface area contributed by atoms with Gasteiger partial charge >= 0.3 is 6.61 Å². The molecule has 7 heteroatoms. The molecule has 0 atom stereocenters. The summed E-state index contributed by atoms with van der Waals surface area (Å²) in [6.45, 7) is -2.57. The Kier molecular flexibility index (Phi) is 6.68. The van der Waals surface area contributed by atoms with E-state index in [9.17, 15) is 13.6 Å². The van der Waals surface area contributed by atoms with Crippen LogP contribution in [0.15, 0.2) is 36.4 Å². The summed E-state index contributed by atoms with van der Waals surface area (Å²) in [6.07, 6.45) is 3.86. The minimum Gasteiger partial charge on any atom is -0.493 e. The predicted molar refractivity (Wildman–Crippen MR) is 100 cm³/mol. The van der Waals surface area contributed by atoms with Crippen LogP contribution in [0, 0.1) is 0 Å². The van der Waals surface area contributed by atoms with Crippen molar-refractivity contribution < 1.29 is 27.8 Å². The molecule has 0 fully saturated rings. The van der Waals surface area contributed by atoms with Crippen LogP contribution in [-0.4, -0.2) is 32.8 Å². The van der Waals surface area contributed by atoms with Crippen LogP contribution < -0.4 is 19.5 Å². The quantitative estimate of drug-likeness (QED) is 0.711. The Morgan fingerprint density at radius 1 is 1.11 bits per heavy atom. The maximum atomic E-state index is 12.4. The molecule has 0 radical (unpaired) electrons. The van der Waals surface area contributed by atoms with Gasteiger partial charge in [0.2, 0.25) is 0 Å². The number of carbonyl (C=O) groups excluding carboxylic acids is 1. The van der Waals surface area contributed by atoms with Crippen molar-refractivity contribution in [2.75, 3.05) is 20.3 Å². The predicted octanol–water partition coefficient (Wildman–Crippen LogP) is 3.52. The lowest BCUT2D eigenvalue weighted by Crippen LogP contribution is -2.30. The van der Waals surface area contributed by atoms with Crippen molar-refractivity contribution in [2.45, 2.75) is 32.3 Å². The van der Waals surface area contributed by atoms with E-state index in [0.717, 1.165) is 18.4 Å². The summed E-state index contributed by atoms with van der Waals surface area (Å²) in [6, 6.07) is 10.7. The molecule has 3 rings (SSSR count). The van der Waals surface area contributed by atoms with Gasteiger partial charge in [0.1, 0.15) is 5.75 Å². The van der Waals surface area contributed by atoms with Crippen molar-refractivity contribution >= 4 is 5.91 Å². The van der Waals surface area contributed by atoms with Crippen LogP contribution in [0.25, 0.3) is 0 Å². The number of carbonyl (C=O) groups is 1. The molecule has 0 aliphatic heterocycles. The van der Waals surface area contributed by atoms with Crippen molar-refractivity contribution in [3.8, 4) is 17.2 Å². The van der Waals surface area contributed by atoms with Gasteiger partial charge in [0.25, 0.3) is 5.91 Å². The lowest BCUT2D eigenvalue weighted by Gasteiger charge is -2.12. The minimum absolute atomic E-state index is 0.0203. The highest BCUT2D eigenvalue weighted by atomic mass is 19.3. The van der Waals surface area contributed by atoms with Crippen LogP contribution in [0.2, 0.25) is 0 Å². The highest BCUT2D eigenvalue weighted by Crippen LogP contribution is 2.29. The Balaban J connectivity index is 1.43. The maximum absolute atomic E-state index is 12.4. The average Bonchev–Trinajstić information content (AvgIpc) is 3.15. The summed E-state index contributed by atoms with van der Waals surface area (Å²) in [5.41, 5.74) is 3.49. The molecular formula is C21H23F2NO4. The molecule has 0 unspecified atom stereocenters. The highest BCUT2D eigenvalue weighted by Gasteiger charge is 2.13. The van der Waals surface area contributed by atoms with Gasteiger partial charge in [-0.15, -0.1) is 0 Å². The normalized spacial score (nSPS) is 12.6. The average molecular weight is 391 g/mol. The zero-order valence-electron chi connectivity index (χ0n) is 15.7. The molecule has 0 saturated heterocycles. The van der Waals surface area contributed by atoms with Crippen molar-refractivity contribution in [3.05, 3.63) is 53.1 Å². The number of nitrogens with one attached hydrogen (secondary N) is 1. The van der Waals surface area contributed by atoms with Crippen LogP contribution in [0.5, 0.6) is 17.2 Å². The Labute approximate surface area is 162 Å². The lowest BCUT2D eigenvalue weighted by molar-refractivity contribution is -0.123. The van der Waals surface area contributed by atoms with E-state index in [-0.39, 0.29) is 24.0 Å². The molecule has 0 spiro atoms. The van der Waals surface area contributed by atoms with Gasteiger partial charge in [0.05, 0.1) is 7.11 Å². The molecule has 1 aliphatic rings. The molecule has 0 aromatic heterocycles. The number of hydrogen-bond acceptors (Lipinski definition) is 4. The number of rotatable bonds is 9. The second kappa shape index (κ2) is 9.39. The molecule has 5 nitrogen and oxygen atoms in total. The van der Waals surface area contributed by atoms with E-state index in [2.05, 4.69) is 16.1 Å². The van der Waals surface area contributed by atoms with Gasteiger partial charge in [-0.25, -0.2) is 0 Å². The zero-order chi connectivity index (χ0) is 19.9. The zero-order valence-corrected chi connectivity index (χ0v) is 15.7. The Morgan fingerprint density at radius 2 is 1.93 bits per heavy atom. The molecule has 2 aromatic rings. The summed E-state index contributed by atoms with van der Waals surface area (Å²) in [5, 5.41) is 2.78. The molecule has 2 aromatic carbocycles. The fourth-order valence-corrected chi connectivity index (χ4v) is 3.24. The minimum atomic E-state index is -2.91. The molecule has 1 aliphatic carbocycles. The van der Waals surface area contributed by atoms with E-state index < -0.39 is 6.61 Å². The summed E-state index contributed by atoms with van der Waals surface area (Å²) in [5.74, 6) is 0.692. The summed E-state index contributed by atoms with van der Waals surface area (Å²) < 4.78 is 39.7. The molecular weight excluding hydrogens is 368 g/mol. The third-order valence-corrected chi connectivity index (χ3v) is 4.62. The number of methoxy groups -OCH3 is 1. The fraction of sp³-hybridized carbons (Fsp3) is 0.381. The lowest BCUT2D eigenvalue weighted by atomic mass is 10.1. The SMILES string of the molecule is COc1cc(CCNC(=O)COc2ccc3c(c2)CCC3)ccc1OC(F)F. The highest BCUT2D eigenvalue weighted by molar-refractivity contribution is 5.77. The van der Waals surface area contributed by atoms with Crippen LogP contribution in [0.3, 0.4) is 0 Å². The Bertz CT molecular complexity index is 826. The number of ether oxygens (including phenoxy) is 3. The third-order valence-electron chi connectivity index (χ3n) is 4.62. The number of amides is 1. The van der Waals surface area contributed by atoms with Gasteiger partial charge in [-0.05, 0) is 66.6 Å². The van der Waals surface area contributed by atoms with Gasteiger partial charge in [-0.1, -0.05) is 12.1 Å². The number of hydrogen-bond donors (Lipinski definition) is 1. The van der Waals surface area contributed by atoms with Crippen LogP contribution in [0.1, 0.15) is 23.1 Å². The van der Waals surface area contributed by atoms with Crippen LogP contribution in [-0.2, 0) is 24.1 Å². The van der Waals surface area contributed by atoms with E-state index >= 15 is 0 Å². The Morgan fingerprint density at radius 3 is 2.71 bits per heavy atom. The first-order valence-electron chi connectivity index (χ1n) is 9.18. The van der Waals surface area contributed by atoms with Gasteiger partial charge in [-0.2, -0.15) is 8.78 Å².